The number of benzene rings is 1. The molecule has 0 aliphatic carbocycles. The zero-order valence-corrected chi connectivity index (χ0v) is 14.0. The third-order valence-corrected chi connectivity index (χ3v) is 4.97. The van der Waals surface area contributed by atoms with Gasteiger partial charge in [0.25, 0.3) is 0 Å². The summed E-state index contributed by atoms with van der Waals surface area (Å²) in [6.07, 6.45) is 0.338. The second-order valence-corrected chi connectivity index (χ2v) is 6.66. The predicted octanol–water partition coefficient (Wildman–Crippen LogP) is 4.46. The fourth-order valence-corrected chi connectivity index (χ4v) is 3.47. The Bertz CT molecular complexity index is 515. The lowest BCUT2D eigenvalue weighted by Gasteiger charge is -2.22. The van der Waals surface area contributed by atoms with Gasteiger partial charge in [0, 0.05) is 22.4 Å². The van der Waals surface area contributed by atoms with E-state index in [4.69, 9.17) is 0 Å². The molecule has 0 aliphatic rings. The second-order valence-electron chi connectivity index (χ2n) is 4.77. The lowest BCUT2D eigenvalue weighted by atomic mass is 10.1. The van der Waals surface area contributed by atoms with Gasteiger partial charge in [0.05, 0.1) is 6.10 Å². The van der Waals surface area contributed by atoms with Crippen molar-refractivity contribution in [2.45, 2.75) is 26.0 Å². The van der Waals surface area contributed by atoms with Gasteiger partial charge in [-0.2, -0.15) is 0 Å². The molecule has 1 aromatic heterocycles. The van der Waals surface area contributed by atoms with Gasteiger partial charge in [-0.3, -0.25) is 4.90 Å². The number of aliphatic hydroxyl groups is 1. The molecule has 0 fully saturated rings. The molecule has 0 spiro atoms. The zero-order valence-electron chi connectivity index (χ0n) is 11.6. The van der Waals surface area contributed by atoms with Crippen molar-refractivity contribution in [2.24, 2.45) is 0 Å². The molecule has 0 bridgehead atoms. The normalized spacial score (nSPS) is 12.8. The molecule has 2 rings (SSSR count). The summed E-state index contributed by atoms with van der Waals surface area (Å²) < 4.78 is 0.980. The van der Waals surface area contributed by atoms with Gasteiger partial charge in [0.15, 0.2) is 0 Å². The van der Waals surface area contributed by atoms with E-state index in [0.29, 0.717) is 0 Å². The first kappa shape index (κ1) is 15.7. The van der Waals surface area contributed by atoms with Crippen molar-refractivity contribution in [1.82, 2.24) is 4.90 Å². The van der Waals surface area contributed by atoms with Crippen LogP contribution in [0.1, 0.15) is 29.9 Å². The first-order valence-electron chi connectivity index (χ1n) is 6.88. The molecular formula is C16H20BrNOS. The van der Waals surface area contributed by atoms with Gasteiger partial charge in [0.1, 0.15) is 0 Å². The summed E-state index contributed by atoms with van der Waals surface area (Å²) in [6, 6.07) is 12.1. The molecule has 2 aromatic rings. The number of rotatable bonds is 7. The highest BCUT2D eigenvalue weighted by Crippen LogP contribution is 2.25. The topological polar surface area (TPSA) is 23.5 Å². The monoisotopic (exact) mass is 353 g/mol. The minimum atomic E-state index is -0.414. The SMILES string of the molecule is CCN(CCC(O)c1ccccc1Br)Cc1cccs1. The van der Waals surface area contributed by atoms with Crippen LogP contribution in [-0.2, 0) is 6.54 Å². The number of thiophene rings is 1. The third kappa shape index (κ3) is 4.42. The summed E-state index contributed by atoms with van der Waals surface area (Å²) in [4.78, 5) is 3.74. The summed E-state index contributed by atoms with van der Waals surface area (Å²) in [5, 5.41) is 12.4. The molecule has 1 N–H and O–H groups in total. The maximum Gasteiger partial charge on any atom is 0.0813 e. The van der Waals surface area contributed by atoms with Gasteiger partial charge >= 0.3 is 0 Å². The summed E-state index contributed by atoms with van der Waals surface area (Å²) in [5.74, 6) is 0. The van der Waals surface area contributed by atoms with E-state index in [1.807, 2.05) is 24.3 Å². The van der Waals surface area contributed by atoms with Crippen molar-refractivity contribution in [3.63, 3.8) is 0 Å². The van der Waals surface area contributed by atoms with E-state index >= 15 is 0 Å². The van der Waals surface area contributed by atoms with Gasteiger partial charge in [-0.15, -0.1) is 11.3 Å². The Morgan fingerprint density at radius 3 is 2.70 bits per heavy atom. The lowest BCUT2D eigenvalue weighted by Crippen LogP contribution is -2.25. The largest absolute Gasteiger partial charge is 0.388 e. The van der Waals surface area contributed by atoms with Crippen molar-refractivity contribution < 1.29 is 5.11 Å². The van der Waals surface area contributed by atoms with Crippen LogP contribution in [-0.4, -0.2) is 23.1 Å². The van der Waals surface area contributed by atoms with Crippen LogP contribution in [0.2, 0.25) is 0 Å². The Labute approximate surface area is 133 Å². The van der Waals surface area contributed by atoms with Crippen molar-refractivity contribution >= 4 is 27.3 Å². The number of hydrogen-bond acceptors (Lipinski definition) is 3. The molecule has 1 heterocycles. The summed E-state index contributed by atoms with van der Waals surface area (Å²) in [7, 11) is 0. The van der Waals surface area contributed by atoms with E-state index in [-0.39, 0.29) is 0 Å². The molecule has 1 aromatic carbocycles. The first-order valence-corrected chi connectivity index (χ1v) is 8.55. The van der Waals surface area contributed by atoms with Crippen LogP contribution in [0.25, 0.3) is 0 Å². The Kier molecular flexibility index (Phi) is 6.23. The molecule has 0 saturated carbocycles. The molecule has 1 unspecified atom stereocenters. The van der Waals surface area contributed by atoms with E-state index in [9.17, 15) is 5.11 Å². The summed E-state index contributed by atoms with van der Waals surface area (Å²) in [5.41, 5.74) is 0.972. The van der Waals surface area contributed by atoms with Crippen LogP contribution in [0.3, 0.4) is 0 Å². The maximum atomic E-state index is 10.3. The van der Waals surface area contributed by atoms with Crippen molar-refractivity contribution in [1.29, 1.82) is 0 Å². The van der Waals surface area contributed by atoms with E-state index in [1.54, 1.807) is 11.3 Å². The van der Waals surface area contributed by atoms with Gasteiger partial charge in [-0.1, -0.05) is 47.1 Å². The average Bonchev–Trinajstić information content (AvgIpc) is 2.96. The smallest absolute Gasteiger partial charge is 0.0813 e. The van der Waals surface area contributed by atoms with E-state index in [2.05, 4.69) is 45.3 Å². The molecule has 4 heteroatoms. The highest BCUT2D eigenvalue weighted by atomic mass is 79.9. The minimum absolute atomic E-state index is 0.414. The Balaban J connectivity index is 1.88. The third-order valence-electron chi connectivity index (χ3n) is 3.39. The molecular weight excluding hydrogens is 334 g/mol. The van der Waals surface area contributed by atoms with E-state index in [1.165, 1.54) is 4.88 Å². The number of hydrogen-bond donors (Lipinski definition) is 1. The molecule has 2 nitrogen and oxygen atoms in total. The molecule has 108 valence electrons. The molecule has 20 heavy (non-hydrogen) atoms. The van der Waals surface area contributed by atoms with Crippen molar-refractivity contribution in [3.8, 4) is 0 Å². The highest BCUT2D eigenvalue weighted by Gasteiger charge is 2.13. The summed E-state index contributed by atoms with van der Waals surface area (Å²) in [6.45, 7) is 5.03. The van der Waals surface area contributed by atoms with Crippen molar-refractivity contribution in [2.75, 3.05) is 13.1 Å². The molecule has 1 atom stereocenters. The van der Waals surface area contributed by atoms with Crippen LogP contribution in [0, 0.1) is 0 Å². The Morgan fingerprint density at radius 1 is 1.25 bits per heavy atom. The Hall–Kier alpha value is -0.680. The zero-order chi connectivity index (χ0) is 14.4. The standard InChI is InChI=1S/C16H20BrNOS/c1-2-18(12-13-6-5-11-20-13)10-9-16(19)14-7-3-4-8-15(14)17/h3-8,11,16,19H,2,9-10,12H2,1H3. The Morgan fingerprint density at radius 2 is 2.05 bits per heavy atom. The fraction of sp³-hybridized carbons (Fsp3) is 0.375. The molecule has 0 amide bonds. The fourth-order valence-electron chi connectivity index (χ4n) is 2.18. The van der Waals surface area contributed by atoms with Crippen LogP contribution >= 0.6 is 27.3 Å². The van der Waals surface area contributed by atoms with Crippen LogP contribution in [0.4, 0.5) is 0 Å². The first-order chi connectivity index (χ1) is 9.70. The van der Waals surface area contributed by atoms with E-state index in [0.717, 1.165) is 36.1 Å². The molecule has 0 aliphatic heterocycles. The van der Waals surface area contributed by atoms with Gasteiger partial charge in [-0.05, 0) is 36.0 Å². The molecule has 0 radical (unpaired) electrons. The average molecular weight is 354 g/mol. The second kappa shape index (κ2) is 7.93. The van der Waals surface area contributed by atoms with Crippen LogP contribution in [0.15, 0.2) is 46.3 Å². The lowest BCUT2D eigenvalue weighted by molar-refractivity contribution is 0.141. The minimum Gasteiger partial charge on any atom is -0.388 e. The van der Waals surface area contributed by atoms with Crippen LogP contribution in [0.5, 0.6) is 0 Å². The van der Waals surface area contributed by atoms with Gasteiger partial charge in [0.2, 0.25) is 0 Å². The number of nitrogens with zero attached hydrogens (tertiary/aromatic N) is 1. The predicted molar refractivity (Wildman–Crippen MR) is 89.0 cm³/mol. The van der Waals surface area contributed by atoms with E-state index < -0.39 is 6.10 Å². The van der Waals surface area contributed by atoms with Gasteiger partial charge < -0.3 is 5.11 Å². The van der Waals surface area contributed by atoms with Gasteiger partial charge in [-0.25, -0.2) is 0 Å². The maximum absolute atomic E-state index is 10.3. The molecule has 0 saturated heterocycles. The summed E-state index contributed by atoms with van der Waals surface area (Å²) >= 11 is 5.29. The quantitative estimate of drug-likeness (QED) is 0.794. The van der Waals surface area contributed by atoms with Crippen molar-refractivity contribution in [3.05, 3.63) is 56.7 Å². The van der Waals surface area contributed by atoms with Crippen LogP contribution < -0.4 is 0 Å². The number of halogens is 1. The number of aliphatic hydroxyl groups excluding tert-OH is 1. The highest BCUT2D eigenvalue weighted by molar-refractivity contribution is 9.10.